The molecule has 0 aliphatic rings. The van der Waals surface area contributed by atoms with Gasteiger partial charge in [-0.25, -0.2) is 13.1 Å². The monoisotopic (exact) mass is 336 g/mol. The highest BCUT2D eigenvalue weighted by Gasteiger charge is 2.17. The van der Waals surface area contributed by atoms with Crippen molar-refractivity contribution in [1.29, 1.82) is 0 Å². The van der Waals surface area contributed by atoms with Crippen molar-refractivity contribution in [3.63, 3.8) is 0 Å². The maximum atomic E-state index is 12.2. The molecular weight excluding hydrogens is 316 g/mol. The first kappa shape index (κ1) is 17.6. The molecule has 1 rings (SSSR count). The molecule has 0 spiro atoms. The third-order valence-electron chi connectivity index (χ3n) is 2.90. The van der Waals surface area contributed by atoms with Crippen LogP contribution in [0.1, 0.15) is 24.8 Å². The number of halogens is 1. The summed E-state index contributed by atoms with van der Waals surface area (Å²) >= 11 is 7.67. The number of nitrogen functional groups attached to an aromatic ring is 1. The predicted molar refractivity (Wildman–Crippen MR) is 88.0 cm³/mol. The zero-order chi connectivity index (χ0) is 15.2. The van der Waals surface area contributed by atoms with Crippen LogP contribution in [0.4, 0.5) is 5.69 Å². The Labute approximate surface area is 130 Å². The summed E-state index contributed by atoms with van der Waals surface area (Å²) in [6, 6.07) is 2.98. The normalized spacial score (nSPS) is 11.8. The molecule has 7 heteroatoms. The minimum absolute atomic E-state index is 0.198. The van der Waals surface area contributed by atoms with Crippen molar-refractivity contribution in [2.45, 2.75) is 31.1 Å². The topological polar surface area (TPSA) is 72.2 Å². The second-order valence-corrected chi connectivity index (χ2v) is 7.72. The second-order valence-electron chi connectivity index (χ2n) is 4.59. The number of nitrogens with one attached hydrogen (secondary N) is 1. The summed E-state index contributed by atoms with van der Waals surface area (Å²) in [5, 5.41) is 0.374. The van der Waals surface area contributed by atoms with Gasteiger partial charge in [-0.2, -0.15) is 11.8 Å². The van der Waals surface area contributed by atoms with E-state index in [-0.39, 0.29) is 10.6 Å². The van der Waals surface area contributed by atoms with Gasteiger partial charge in [0.15, 0.2) is 0 Å². The van der Waals surface area contributed by atoms with E-state index in [9.17, 15) is 8.42 Å². The number of rotatable bonds is 8. The minimum atomic E-state index is -3.52. The number of anilines is 1. The highest BCUT2D eigenvalue weighted by atomic mass is 35.5. The summed E-state index contributed by atoms with van der Waals surface area (Å²) < 4.78 is 27.0. The van der Waals surface area contributed by atoms with Crippen molar-refractivity contribution in [1.82, 2.24) is 4.72 Å². The molecule has 0 saturated carbocycles. The maximum Gasteiger partial charge on any atom is 0.240 e. The Bertz CT molecular complexity index is 548. The first-order chi connectivity index (χ1) is 9.38. The second kappa shape index (κ2) is 8.12. The number of hydrogen-bond acceptors (Lipinski definition) is 4. The van der Waals surface area contributed by atoms with Crippen molar-refractivity contribution in [2.24, 2.45) is 0 Å². The highest BCUT2D eigenvalue weighted by molar-refractivity contribution is 7.98. The lowest BCUT2D eigenvalue weighted by Gasteiger charge is -2.11. The maximum absolute atomic E-state index is 12.2. The van der Waals surface area contributed by atoms with Gasteiger partial charge in [0.2, 0.25) is 10.0 Å². The summed E-state index contributed by atoms with van der Waals surface area (Å²) in [5.41, 5.74) is 6.54. The zero-order valence-corrected chi connectivity index (χ0v) is 14.2. The number of hydrogen-bond donors (Lipinski definition) is 2. The molecule has 0 aliphatic heterocycles. The predicted octanol–water partition coefficient (Wildman–Crippen LogP) is 3.04. The Morgan fingerprint density at radius 1 is 1.30 bits per heavy atom. The van der Waals surface area contributed by atoms with Gasteiger partial charge in [-0.1, -0.05) is 18.0 Å². The van der Waals surface area contributed by atoms with Crippen LogP contribution in [0.3, 0.4) is 0 Å². The minimum Gasteiger partial charge on any atom is -0.397 e. The molecule has 0 radical (unpaired) electrons. The lowest BCUT2D eigenvalue weighted by Crippen LogP contribution is -2.25. The first-order valence-electron chi connectivity index (χ1n) is 6.42. The molecule has 0 aromatic heterocycles. The van der Waals surface area contributed by atoms with Gasteiger partial charge >= 0.3 is 0 Å². The number of aryl methyl sites for hydroxylation is 1. The summed E-state index contributed by atoms with van der Waals surface area (Å²) in [6.45, 7) is 2.15. The number of nitrogens with two attached hydrogens (primary N) is 1. The Morgan fingerprint density at radius 2 is 2.00 bits per heavy atom. The van der Waals surface area contributed by atoms with E-state index in [1.54, 1.807) is 24.8 Å². The fraction of sp³-hybridized carbons (Fsp3) is 0.538. The van der Waals surface area contributed by atoms with Crippen LogP contribution in [-0.2, 0) is 10.0 Å². The third-order valence-corrected chi connectivity index (χ3v) is 5.53. The third kappa shape index (κ3) is 5.16. The van der Waals surface area contributed by atoms with Crippen molar-refractivity contribution < 1.29 is 8.42 Å². The smallest absolute Gasteiger partial charge is 0.240 e. The molecule has 0 unspecified atom stereocenters. The van der Waals surface area contributed by atoms with E-state index in [1.807, 2.05) is 0 Å². The van der Waals surface area contributed by atoms with Gasteiger partial charge in [-0.3, -0.25) is 0 Å². The van der Waals surface area contributed by atoms with Crippen LogP contribution in [0, 0.1) is 6.92 Å². The average molecular weight is 337 g/mol. The van der Waals surface area contributed by atoms with Crippen LogP contribution < -0.4 is 10.5 Å². The van der Waals surface area contributed by atoms with Crippen molar-refractivity contribution >= 4 is 39.1 Å². The molecule has 3 N–H and O–H groups in total. The summed E-state index contributed by atoms with van der Waals surface area (Å²) in [6.07, 6.45) is 5.03. The van der Waals surface area contributed by atoms with Crippen LogP contribution in [-0.4, -0.2) is 27.0 Å². The highest BCUT2D eigenvalue weighted by Crippen LogP contribution is 2.26. The fourth-order valence-electron chi connectivity index (χ4n) is 1.79. The molecule has 0 saturated heterocycles. The number of sulfonamides is 1. The molecule has 0 fully saturated rings. The van der Waals surface area contributed by atoms with Crippen LogP contribution in [0.5, 0.6) is 0 Å². The Kier molecular flexibility index (Phi) is 7.15. The molecule has 1 aromatic rings. The lowest BCUT2D eigenvalue weighted by molar-refractivity contribution is 0.575. The van der Waals surface area contributed by atoms with E-state index in [1.165, 1.54) is 6.07 Å². The molecular formula is C13H21ClN2O2S2. The van der Waals surface area contributed by atoms with E-state index in [4.69, 9.17) is 17.3 Å². The molecule has 0 atom stereocenters. The number of unbranched alkanes of at least 4 members (excludes halogenated alkanes) is 2. The molecule has 1 aromatic carbocycles. The largest absolute Gasteiger partial charge is 0.397 e. The van der Waals surface area contributed by atoms with Crippen molar-refractivity contribution in [2.75, 3.05) is 24.3 Å². The molecule has 4 nitrogen and oxygen atoms in total. The quantitative estimate of drug-likeness (QED) is 0.565. The van der Waals surface area contributed by atoms with E-state index < -0.39 is 10.0 Å². The summed E-state index contributed by atoms with van der Waals surface area (Å²) in [4.78, 5) is 0.198. The van der Waals surface area contributed by atoms with E-state index in [2.05, 4.69) is 11.0 Å². The van der Waals surface area contributed by atoms with Gasteiger partial charge in [0.05, 0.1) is 15.6 Å². The van der Waals surface area contributed by atoms with E-state index in [0.717, 1.165) is 25.0 Å². The van der Waals surface area contributed by atoms with Gasteiger partial charge in [0.1, 0.15) is 0 Å². The summed E-state index contributed by atoms with van der Waals surface area (Å²) in [7, 11) is -3.52. The van der Waals surface area contributed by atoms with Crippen molar-refractivity contribution in [3.05, 3.63) is 22.7 Å². The van der Waals surface area contributed by atoms with Gasteiger partial charge in [-0.05, 0) is 49.5 Å². The zero-order valence-electron chi connectivity index (χ0n) is 11.8. The van der Waals surface area contributed by atoms with Crippen molar-refractivity contribution in [3.8, 4) is 0 Å². The molecule has 0 aliphatic carbocycles. The molecule has 20 heavy (non-hydrogen) atoms. The van der Waals surface area contributed by atoms with Gasteiger partial charge < -0.3 is 5.73 Å². The number of benzene rings is 1. The average Bonchev–Trinajstić information content (AvgIpc) is 2.37. The van der Waals surface area contributed by atoms with Crippen LogP contribution in [0.2, 0.25) is 5.02 Å². The number of thioether (sulfide) groups is 1. The lowest BCUT2D eigenvalue weighted by atomic mass is 10.2. The molecule has 0 bridgehead atoms. The fourth-order valence-corrected chi connectivity index (χ4v) is 3.84. The first-order valence-corrected chi connectivity index (χ1v) is 9.68. The SMILES string of the molecule is CSCCCCCNS(=O)(=O)c1cc(N)c(Cl)cc1C. The van der Waals surface area contributed by atoms with Crippen LogP contribution in [0.15, 0.2) is 17.0 Å². The molecule has 0 heterocycles. The standard InChI is InChI=1S/C13H21ClN2O2S2/c1-10-8-11(14)12(15)9-13(10)20(17,18)16-6-4-3-5-7-19-2/h8-9,16H,3-7,15H2,1-2H3. The van der Waals surface area contributed by atoms with Gasteiger partial charge in [0.25, 0.3) is 0 Å². The Balaban J connectivity index is 2.63. The van der Waals surface area contributed by atoms with Crippen LogP contribution >= 0.6 is 23.4 Å². The summed E-state index contributed by atoms with van der Waals surface area (Å²) in [5.74, 6) is 1.11. The van der Waals surface area contributed by atoms with Gasteiger partial charge in [-0.15, -0.1) is 0 Å². The van der Waals surface area contributed by atoms with E-state index in [0.29, 0.717) is 17.1 Å². The van der Waals surface area contributed by atoms with Gasteiger partial charge in [0, 0.05) is 6.54 Å². The molecule has 114 valence electrons. The Morgan fingerprint density at radius 3 is 2.65 bits per heavy atom. The molecule has 0 amide bonds. The van der Waals surface area contributed by atoms with Crippen LogP contribution in [0.25, 0.3) is 0 Å². The van der Waals surface area contributed by atoms with E-state index >= 15 is 0 Å². The Hall–Kier alpha value is -0.430.